The summed E-state index contributed by atoms with van der Waals surface area (Å²) in [4.78, 5) is 95.2. The van der Waals surface area contributed by atoms with Crippen LogP contribution < -0.4 is 52.4 Å². The van der Waals surface area contributed by atoms with Gasteiger partial charge < -0.3 is 71.9 Å². The number of aliphatic hydroxyl groups excluding tert-OH is 1. The smallest absolute Gasteiger partial charge is 0.315 e. The van der Waals surface area contributed by atoms with Crippen LogP contribution in [0.3, 0.4) is 0 Å². The number of hydrogen-bond acceptors (Lipinski definition) is 16. The molecule has 3 aliphatic rings. The van der Waals surface area contributed by atoms with Crippen molar-refractivity contribution in [3.63, 3.8) is 0 Å². The molecular weight excluding hydrogens is 1130 g/mol. The number of amides is 8. The highest BCUT2D eigenvalue weighted by Gasteiger charge is 2.42. The number of ether oxygens (including phenoxy) is 4. The highest BCUT2D eigenvalue weighted by Crippen LogP contribution is 2.34. The fourth-order valence-corrected chi connectivity index (χ4v) is 13.5. The van der Waals surface area contributed by atoms with Gasteiger partial charge in [-0.2, -0.15) is 16.5 Å². The summed E-state index contributed by atoms with van der Waals surface area (Å²) in [5.74, 6) is -1.80. The number of carbonyl (C=O) groups is 7. The van der Waals surface area contributed by atoms with E-state index in [1.165, 1.54) is 7.11 Å². The van der Waals surface area contributed by atoms with E-state index in [1.807, 2.05) is 11.8 Å². The van der Waals surface area contributed by atoms with Crippen molar-refractivity contribution in [1.29, 1.82) is 5.41 Å². The number of carbonyl (C=O) groups excluding carboxylic acids is 7. The van der Waals surface area contributed by atoms with Crippen LogP contribution in [0.15, 0.2) is 35.2 Å². The number of thioether (sulfide) groups is 1. The zero-order chi connectivity index (χ0) is 61.0. The van der Waals surface area contributed by atoms with Crippen molar-refractivity contribution >= 4 is 69.1 Å². The molecule has 3 saturated heterocycles. The number of urea groups is 1. The average molecular weight is 1220 g/mol. The third kappa shape index (κ3) is 22.7. The maximum absolute atomic E-state index is 14.5. The van der Waals surface area contributed by atoms with Gasteiger partial charge in [0.25, 0.3) is 0 Å². The first-order chi connectivity index (χ1) is 40.3. The lowest BCUT2D eigenvalue weighted by atomic mass is 10.0. The molecule has 12 N–H and O–H groups in total. The highest BCUT2D eigenvalue weighted by atomic mass is 32.2. The van der Waals surface area contributed by atoms with Gasteiger partial charge in [-0.3, -0.25) is 34.2 Å². The Hall–Kier alpha value is -6.10. The summed E-state index contributed by atoms with van der Waals surface area (Å²) in [6, 6.07) is 4.55. The van der Waals surface area contributed by atoms with E-state index in [-0.39, 0.29) is 106 Å². The second-order valence-corrected chi connectivity index (χ2v) is 24.2. The van der Waals surface area contributed by atoms with Crippen molar-refractivity contribution in [3.05, 3.63) is 58.1 Å². The number of fused-ring (bicyclic) bond motifs is 1. The van der Waals surface area contributed by atoms with Gasteiger partial charge in [0.2, 0.25) is 45.5 Å². The molecule has 5 rings (SSSR count). The van der Waals surface area contributed by atoms with Crippen LogP contribution in [0.2, 0.25) is 0 Å². The number of nitrogens with zero attached hydrogens (tertiary/aromatic N) is 1. The predicted molar refractivity (Wildman–Crippen MR) is 317 cm³/mol. The first kappa shape index (κ1) is 68.7. The number of hydrogen-bond donors (Lipinski definition) is 11. The fraction of sp³-hybridized carbons (Fsp3) is 0.649. The molecule has 8 amide bonds. The van der Waals surface area contributed by atoms with Crippen LogP contribution in [0.1, 0.15) is 111 Å². The second kappa shape index (κ2) is 36.0. The van der Waals surface area contributed by atoms with Gasteiger partial charge in [0, 0.05) is 68.6 Å². The van der Waals surface area contributed by atoms with Gasteiger partial charge in [-0.15, -0.1) is 0 Å². The summed E-state index contributed by atoms with van der Waals surface area (Å²) < 4.78 is 52.8. The Bertz CT molecular complexity index is 2630. The van der Waals surface area contributed by atoms with E-state index in [0.29, 0.717) is 104 Å². The molecule has 0 radical (unpaired) electrons. The zero-order valence-electron chi connectivity index (χ0n) is 49.0. The minimum absolute atomic E-state index is 0.0175. The molecule has 2 unspecified atom stereocenters. The molecule has 0 aromatic heterocycles. The molecule has 0 saturated carbocycles. The number of aliphatic hydroxyl groups is 1. The van der Waals surface area contributed by atoms with E-state index in [1.54, 1.807) is 56.0 Å². The van der Waals surface area contributed by atoms with Crippen molar-refractivity contribution in [3.8, 4) is 5.75 Å². The third-order valence-electron chi connectivity index (χ3n) is 14.9. The van der Waals surface area contributed by atoms with E-state index in [0.717, 1.165) is 37.9 Å². The topological polar surface area (TPSA) is 360 Å². The molecule has 3 heterocycles. The number of sulfonamides is 1. The van der Waals surface area contributed by atoms with Gasteiger partial charge in [0.05, 0.1) is 76.8 Å². The first-order valence-electron chi connectivity index (χ1n) is 29.1. The Morgan fingerprint density at radius 3 is 2.12 bits per heavy atom. The largest absolute Gasteiger partial charge is 0.496 e. The Kier molecular flexibility index (Phi) is 29.5. The minimum atomic E-state index is -4.51. The van der Waals surface area contributed by atoms with Crippen LogP contribution in [0.4, 0.5) is 4.79 Å². The fourth-order valence-electron chi connectivity index (χ4n) is 10.3. The maximum Gasteiger partial charge on any atom is 0.315 e. The molecule has 3 fully saturated rings. The quantitative estimate of drug-likeness (QED) is 0.0194. The summed E-state index contributed by atoms with van der Waals surface area (Å²) in [6.45, 7) is 7.88. The summed E-state index contributed by atoms with van der Waals surface area (Å²) >= 11 is 1.84. The van der Waals surface area contributed by atoms with E-state index in [9.17, 15) is 42.0 Å². The van der Waals surface area contributed by atoms with Crippen LogP contribution in [0.5, 0.6) is 5.75 Å². The van der Waals surface area contributed by atoms with Gasteiger partial charge in [-0.05, 0) is 107 Å². The minimum Gasteiger partial charge on any atom is -0.496 e. The molecule has 3 aliphatic heterocycles. The Morgan fingerprint density at radius 2 is 1.43 bits per heavy atom. The molecule has 0 spiro atoms. The number of likely N-dealkylation sites (tertiary alicyclic amines) is 1. The highest BCUT2D eigenvalue weighted by molar-refractivity contribution is 8.00. The molecular formula is C57H89N11O14S2. The number of aryl methyl sites for hydroxylation is 1. The molecule has 27 heteroatoms. The Balaban J connectivity index is 1.17. The van der Waals surface area contributed by atoms with Crippen LogP contribution in [0.25, 0.3) is 0 Å². The number of piperidine rings is 1. The molecule has 25 nitrogen and oxygen atoms in total. The van der Waals surface area contributed by atoms with Crippen LogP contribution in [0, 0.1) is 26.2 Å². The van der Waals surface area contributed by atoms with Gasteiger partial charge in [0.15, 0.2) is 0 Å². The molecule has 6 atom stereocenters. The third-order valence-corrected chi connectivity index (χ3v) is 18.1. The monoisotopic (exact) mass is 1220 g/mol. The van der Waals surface area contributed by atoms with Crippen molar-refractivity contribution in [1.82, 2.24) is 46.8 Å². The summed E-state index contributed by atoms with van der Waals surface area (Å²) in [5.41, 5.74) is 8.04. The number of rotatable bonds is 39. The zero-order valence-corrected chi connectivity index (χ0v) is 50.7. The van der Waals surface area contributed by atoms with Gasteiger partial charge in [-0.1, -0.05) is 30.7 Å². The lowest BCUT2D eigenvalue weighted by Gasteiger charge is -2.31. The number of nitrogens with one attached hydrogen (secondary N) is 9. The molecule has 2 aromatic carbocycles. The standard InChI is InChI=1S/C57H89N11O14S2/c1-37-33-46(79-4)38(2)39(3)52(37)84(77,78)67-43(55(74)64-44(56(75)68-24-10-5-11-25-68)34-40-17-19-41(20-18-40)53(58)59)35-50(72)61-22-12-16-49(71)63-42(54(73)62-23-27-80-29-31-82-32-30-81-28-26-69)13-8-9-21-60-48(70)15-7-6-14-47-51-45(36-83-47)65-57(76)66-51/h17-20,33,42-45,47,51,67,69H,5-16,21-32,34-36H2,1-4H3,(H3,58,59)(H,60,70)(H,61,72)(H,62,73)(H,63,71)(H,64,74)(H2,65,66,76)/t42?,43-,44+,45-,47-,51?/m0/s1. The molecule has 0 bridgehead atoms. The average Bonchev–Trinajstić information content (AvgIpc) is 2.93. The summed E-state index contributed by atoms with van der Waals surface area (Å²) in [6.07, 6.45) is 5.95. The van der Waals surface area contributed by atoms with Gasteiger partial charge >= 0.3 is 6.03 Å². The number of unbranched alkanes of at least 4 members (excludes halogenated alkanes) is 2. The first-order valence-corrected chi connectivity index (χ1v) is 31.7. The summed E-state index contributed by atoms with van der Waals surface area (Å²) in [7, 11) is -3.05. The lowest BCUT2D eigenvalue weighted by Crippen LogP contribution is -2.56. The van der Waals surface area contributed by atoms with E-state index < -0.39 is 58.2 Å². The summed E-state index contributed by atoms with van der Waals surface area (Å²) in [5, 5.41) is 36.9. The second-order valence-electron chi connectivity index (χ2n) is 21.3. The number of amidine groups is 1. The predicted octanol–water partition coefficient (Wildman–Crippen LogP) is 1.23. The Morgan fingerprint density at radius 1 is 0.762 bits per heavy atom. The van der Waals surface area contributed by atoms with Gasteiger partial charge in [0.1, 0.15) is 29.7 Å². The number of benzene rings is 2. The van der Waals surface area contributed by atoms with Crippen molar-refractivity contribution < 1.29 is 66.0 Å². The molecule has 0 aliphatic carbocycles. The van der Waals surface area contributed by atoms with Crippen LogP contribution in [-0.4, -0.2) is 193 Å². The number of nitrogens with two attached hydrogens (primary N) is 1. The van der Waals surface area contributed by atoms with Gasteiger partial charge in [-0.25, -0.2) is 13.2 Å². The number of methoxy groups -OCH3 is 1. The number of nitrogen functional groups attached to an aromatic ring is 1. The normalized spacial score (nSPS) is 17.7. The van der Waals surface area contributed by atoms with E-state index >= 15 is 0 Å². The maximum atomic E-state index is 14.5. The van der Waals surface area contributed by atoms with E-state index in [2.05, 4.69) is 41.9 Å². The molecule has 84 heavy (non-hydrogen) atoms. The SMILES string of the molecule is COc1cc(C)c(S(=O)(=O)N[C@@H](CC(=O)NCCCC(=O)NC(CCCCNC(=O)CCCC[C@@H]2SC[C@@H]3NC(=O)NC32)C(=O)NCCOCCOCCOCCO)C(=O)N[C@H](Cc2ccc(C(=N)N)cc2)C(=O)N2CCCCC2)c(C)c1C. The van der Waals surface area contributed by atoms with Crippen molar-refractivity contribution in [2.75, 3.05) is 91.8 Å². The van der Waals surface area contributed by atoms with Crippen LogP contribution >= 0.6 is 11.8 Å². The van der Waals surface area contributed by atoms with Crippen LogP contribution in [-0.2, 0) is 59.4 Å². The van der Waals surface area contributed by atoms with Crippen molar-refractivity contribution in [2.45, 2.75) is 151 Å². The van der Waals surface area contributed by atoms with E-state index in [4.69, 9.17) is 35.2 Å². The Labute approximate surface area is 497 Å². The van der Waals surface area contributed by atoms with Crippen molar-refractivity contribution in [2.24, 2.45) is 5.73 Å². The lowest BCUT2D eigenvalue weighted by molar-refractivity contribution is -0.137. The molecule has 2 aromatic rings. The molecule has 468 valence electrons.